The molecule has 17 heavy (non-hydrogen) atoms. The zero-order chi connectivity index (χ0) is 12.8. The molecule has 1 aromatic heterocycles. The molecule has 0 aliphatic heterocycles. The number of nitrogens with zero attached hydrogens (tertiary/aromatic N) is 3. The fraction of sp³-hybridized carbons (Fsp3) is 0.846. The highest BCUT2D eigenvalue weighted by Gasteiger charge is 2.11. The van der Waals surface area contributed by atoms with Gasteiger partial charge in [0.05, 0.1) is 6.54 Å². The van der Waals surface area contributed by atoms with Gasteiger partial charge in [-0.15, -0.1) is 0 Å². The molecular weight excluding hydrogens is 212 g/mol. The van der Waals surface area contributed by atoms with Gasteiger partial charge in [-0.05, 0) is 18.8 Å². The SMILES string of the molecule is CCC(C)C(C)NCc1ncnn1CC(C)C. The van der Waals surface area contributed by atoms with E-state index in [4.69, 9.17) is 0 Å². The first-order valence-corrected chi connectivity index (χ1v) is 6.64. The van der Waals surface area contributed by atoms with Gasteiger partial charge in [-0.3, -0.25) is 0 Å². The predicted octanol–water partition coefficient (Wildman–Crippen LogP) is 2.46. The van der Waals surface area contributed by atoms with Gasteiger partial charge >= 0.3 is 0 Å². The molecule has 0 radical (unpaired) electrons. The zero-order valence-corrected chi connectivity index (χ0v) is 11.8. The topological polar surface area (TPSA) is 42.7 Å². The summed E-state index contributed by atoms with van der Waals surface area (Å²) in [4.78, 5) is 4.32. The third-order valence-corrected chi connectivity index (χ3v) is 3.31. The Bertz CT molecular complexity index is 319. The van der Waals surface area contributed by atoms with Crippen LogP contribution >= 0.6 is 0 Å². The van der Waals surface area contributed by atoms with E-state index in [1.165, 1.54) is 6.42 Å². The van der Waals surface area contributed by atoms with Gasteiger partial charge in [-0.25, -0.2) is 9.67 Å². The molecule has 0 saturated carbocycles. The lowest BCUT2D eigenvalue weighted by molar-refractivity contribution is 0.376. The van der Waals surface area contributed by atoms with Crippen LogP contribution in [-0.4, -0.2) is 20.8 Å². The lowest BCUT2D eigenvalue weighted by atomic mass is 10.0. The Morgan fingerprint density at radius 2 is 2.00 bits per heavy atom. The van der Waals surface area contributed by atoms with Gasteiger partial charge < -0.3 is 5.32 Å². The van der Waals surface area contributed by atoms with Crippen molar-refractivity contribution in [1.29, 1.82) is 0 Å². The molecule has 2 unspecified atom stereocenters. The second-order valence-corrected chi connectivity index (χ2v) is 5.31. The molecule has 0 aliphatic carbocycles. The molecule has 0 fully saturated rings. The summed E-state index contributed by atoms with van der Waals surface area (Å²) < 4.78 is 2.00. The molecule has 0 bridgehead atoms. The van der Waals surface area contributed by atoms with Crippen LogP contribution < -0.4 is 5.32 Å². The van der Waals surface area contributed by atoms with E-state index in [0.29, 0.717) is 17.9 Å². The Kier molecular flexibility index (Phi) is 5.62. The summed E-state index contributed by atoms with van der Waals surface area (Å²) in [5.41, 5.74) is 0. The van der Waals surface area contributed by atoms with Gasteiger partial charge in [0.15, 0.2) is 0 Å². The first-order valence-electron chi connectivity index (χ1n) is 6.64. The van der Waals surface area contributed by atoms with Crippen molar-refractivity contribution in [2.75, 3.05) is 0 Å². The molecule has 1 rings (SSSR count). The van der Waals surface area contributed by atoms with E-state index in [1.807, 2.05) is 4.68 Å². The Balaban J connectivity index is 2.49. The minimum absolute atomic E-state index is 0.518. The Morgan fingerprint density at radius 1 is 1.29 bits per heavy atom. The van der Waals surface area contributed by atoms with Gasteiger partial charge in [0.2, 0.25) is 0 Å². The number of nitrogens with one attached hydrogen (secondary N) is 1. The average molecular weight is 238 g/mol. The fourth-order valence-electron chi connectivity index (χ4n) is 1.73. The number of aromatic nitrogens is 3. The first kappa shape index (κ1) is 14.2. The first-order chi connectivity index (χ1) is 8.04. The minimum Gasteiger partial charge on any atom is -0.307 e. The standard InChI is InChI=1S/C13H26N4/c1-6-11(4)12(5)14-7-13-15-9-16-17(13)8-10(2)3/h9-12,14H,6-8H2,1-5H3. The summed E-state index contributed by atoms with van der Waals surface area (Å²) in [7, 11) is 0. The monoisotopic (exact) mass is 238 g/mol. The van der Waals surface area contributed by atoms with Crippen molar-refractivity contribution < 1.29 is 0 Å². The predicted molar refractivity (Wildman–Crippen MR) is 70.6 cm³/mol. The highest BCUT2D eigenvalue weighted by atomic mass is 15.3. The molecule has 0 spiro atoms. The second-order valence-electron chi connectivity index (χ2n) is 5.31. The van der Waals surface area contributed by atoms with Crippen molar-refractivity contribution >= 4 is 0 Å². The Hall–Kier alpha value is -0.900. The number of hydrogen-bond donors (Lipinski definition) is 1. The summed E-state index contributed by atoms with van der Waals surface area (Å²) in [5.74, 6) is 2.33. The third kappa shape index (κ3) is 4.46. The largest absolute Gasteiger partial charge is 0.307 e. The molecule has 1 aromatic rings. The van der Waals surface area contributed by atoms with Crippen molar-refractivity contribution in [3.05, 3.63) is 12.2 Å². The van der Waals surface area contributed by atoms with Crippen molar-refractivity contribution in [3.8, 4) is 0 Å². The number of hydrogen-bond acceptors (Lipinski definition) is 3. The van der Waals surface area contributed by atoms with E-state index >= 15 is 0 Å². The maximum atomic E-state index is 4.32. The molecule has 4 nitrogen and oxygen atoms in total. The van der Waals surface area contributed by atoms with Gasteiger partial charge in [0.25, 0.3) is 0 Å². The van der Waals surface area contributed by atoms with E-state index in [2.05, 4.69) is 50.0 Å². The van der Waals surface area contributed by atoms with Gasteiger partial charge in [-0.1, -0.05) is 34.1 Å². The smallest absolute Gasteiger partial charge is 0.140 e. The highest BCUT2D eigenvalue weighted by Crippen LogP contribution is 2.08. The van der Waals surface area contributed by atoms with E-state index in [-0.39, 0.29) is 0 Å². The molecule has 0 aliphatic rings. The molecule has 98 valence electrons. The Morgan fingerprint density at radius 3 is 2.59 bits per heavy atom. The van der Waals surface area contributed by atoms with Crippen molar-refractivity contribution in [3.63, 3.8) is 0 Å². The maximum Gasteiger partial charge on any atom is 0.140 e. The van der Waals surface area contributed by atoms with Gasteiger partial charge in [0, 0.05) is 12.6 Å². The lowest BCUT2D eigenvalue weighted by Gasteiger charge is -2.19. The van der Waals surface area contributed by atoms with E-state index in [1.54, 1.807) is 6.33 Å². The Labute approximate surface area is 105 Å². The zero-order valence-electron chi connectivity index (χ0n) is 11.8. The molecular formula is C13H26N4. The van der Waals surface area contributed by atoms with E-state index in [9.17, 15) is 0 Å². The van der Waals surface area contributed by atoms with Gasteiger partial charge in [0.1, 0.15) is 12.2 Å². The van der Waals surface area contributed by atoms with Crippen LogP contribution in [0.2, 0.25) is 0 Å². The molecule has 1 N–H and O–H groups in total. The van der Waals surface area contributed by atoms with Crippen LogP contribution in [0, 0.1) is 11.8 Å². The van der Waals surface area contributed by atoms with E-state index < -0.39 is 0 Å². The third-order valence-electron chi connectivity index (χ3n) is 3.31. The van der Waals surface area contributed by atoms with Crippen LogP contribution in [0.15, 0.2) is 6.33 Å². The summed E-state index contributed by atoms with van der Waals surface area (Å²) in [6.07, 6.45) is 2.85. The molecule has 0 amide bonds. The maximum absolute atomic E-state index is 4.32. The van der Waals surface area contributed by atoms with Crippen LogP contribution in [0.1, 0.15) is 46.9 Å². The molecule has 0 saturated heterocycles. The molecule has 1 heterocycles. The van der Waals surface area contributed by atoms with Gasteiger partial charge in [-0.2, -0.15) is 5.10 Å². The van der Waals surface area contributed by atoms with Crippen LogP contribution in [0.25, 0.3) is 0 Å². The van der Waals surface area contributed by atoms with Crippen molar-refractivity contribution in [2.45, 2.75) is 60.2 Å². The minimum atomic E-state index is 0.518. The molecule has 0 aromatic carbocycles. The summed E-state index contributed by atoms with van der Waals surface area (Å²) >= 11 is 0. The number of rotatable bonds is 7. The van der Waals surface area contributed by atoms with Crippen LogP contribution in [0.3, 0.4) is 0 Å². The highest BCUT2D eigenvalue weighted by molar-refractivity contribution is 4.85. The van der Waals surface area contributed by atoms with Crippen LogP contribution in [0.5, 0.6) is 0 Å². The second kappa shape index (κ2) is 6.74. The fourth-order valence-corrected chi connectivity index (χ4v) is 1.73. The van der Waals surface area contributed by atoms with Crippen LogP contribution in [0.4, 0.5) is 0 Å². The van der Waals surface area contributed by atoms with E-state index in [0.717, 1.165) is 18.9 Å². The summed E-state index contributed by atoms with van der Waals surface area (Å²) in [6, 6.07) is 0.518. The molecule has 2 atom stereocenters. The quantitative estimate of drug-likeness (QED) is 0.793. The summed E-state index contributed by atoms with van der Waals surface area (Å²) in [6.45, 7) is 12.9. The normalized spacial score (nSPS) is 15.2. The van der Waals surface area contributed by atoms with Crippen molar-refractivity contribution in [1.82, 2.24) is 20.1 Å². The summed E-state index contributed by atoms with van der Waals surface area (Å²) in [5, 5.41) is 7.79. The lowest BCUT2D eigenvalue weighted by Crippen LogP contribution is -2.32. The van der Waals surface area contributed by atoms with Crippen LogP contribution in [-0.2, 0) is 13.1 Å². The molecule has 4 heteroatoms. The van der Waals surface area contributed by atoms with Crippen molar-refractivity contribution in [2.24, 2.45) is 11.8 Å². The average Bonchev–Trinajstić information content (AvgIpc) is 2.71.